The Bertz CT molecular complexity index is 1400. The minimum atomic E-state index is -0.333. The number of ether oxygens (including phenoxy) is 2. The molecule has 8 heteroatoms. The monoisotopic (exact) mass is 524 g/mol. The van der Waals surface area contributed by atoms with Crippen LogP contribution in [0.25, 0.3) is 0 Å². The van der Waals surface area contributed by atoms with Crippen LogP contribution in [0, 0.1) is 0 Å². The van der Waals surface area contributed by atoms with Crippen LogP contribution in [-0.2, 0) is 0 Å². The summed E-state index contributed by atoms with van der Waals surface area (Å²) in [6, 6.07) is 17.8. The summed E-state index contributed by atoms with van der Waals surface area (Å²) in [6.07, 6.45) is 2.62. The van der Waals surface area contributed by atoms with Crippen molar-refractivity contribution in [3.63, 3.8) is 0 Å². The Hall–Kier alpha value is -3.48. The molecule has 0 N–H and O–H groups in total. The topological polar surface area (TPSA) is 78.9 Å². The lowest BCUT2D eigenvalue weighted by Crippen LogP contribution is -2.41. The Morgan fingerprint density at radius 3 is 1.36 bits per heavy atom. The molecule has 0 bridgehead atoms. The van der Waals surface area contributed by atoms with Gasteiger partial charge < -0.3 is 18.3 Å². The molecule has 0 spiro atoms. The van der Waals surface area contributed by atoms with E-state index in [-0.39, 0.29) is 46.0 Å². The molecule has 4 aromatic rings. The molecule has 184 valence electrons. The Balaban J connectivity index is 1.75. The summed E-state index contributed by atoms with van der Waals surface area (Å²) in [6.45, 7) is 0. The predicted octanol–water partition coefficient (Wildman–Crippen LogP) is 6.37. The van der Waals surface area contributed by atoms with Gasteiger partial charge in [-0.2, -0.15) is 0 Å². The van der Waals surface area contributed by atoms with Crippen LogP contribution in [-0.4, -0.2) is 14.2 Å². The molecule has 2 heterocycles. The molecule has 1 aliphatic carbocycles. The summed E-state index contributed by atoms with van der Waals surface area (Å²) in [5, 5.41) is 1.11. The molecule has 0 saturated heterocycles. The van der Waals surface area contributed by atoms with E-state index in [2.05, 4.69) is 0 Å². The molecule has 1 saturated carbocycles. The second-order valence-electron chi connectivity index (χ2n) is 8.58. The number of hydrogen-bond donors (Lipinski definition) is 0. The van der Waals surface area contributed by atoms with Crippen LogP contribution in [0.5, 0.6) is 11.5 Å². The first-order valence-corrected chi connectivity index (χ1v) is 12.0. The summed E-state index contributed by atoms with van der Waals surface area (Å²) in [4.78, 5) is 25.4. The Kier molecular flexibility index (Phi) is 6.65. The average Bonchev–Trinajstić information content (AvgIpc) is 2.86. The number of methoxy groups -OCH3 is 2. The smallest absolute Gasteiger partial charge is 0.226 e. The second-order valence-corrected chi connectivity index (χ2v) is 9.39. The number of benzene rings is 2. The molecule has 0 aliphatic heterocycles. The van der Waals surface area contributed by atoms with Crippen molar-refractivity contribution in [3.8, 4) is 11.5 Å². The molecule has 1 aliphatic rings. The number of hydrogen-bond acceptors (Lipinski definition) is 6. The van der Waals surface area contributed by atoms with E-state index in [0.717, 1.165) is 11.1 Å². The molecular formula is C28H22Cl2O6. The number of rotatable bonds is 6. The molecule has 6 nitrogen and oxygen atoms in total. The van der Waals surface area contributed by atoms with Gasteiger partial charge in [0.1, 0.15) is 24.0 Å². The van der Waals surface area contributed by atoms with Crippen molar-refractivity contribution in [2.45, 2.75) is 23.7 Å². The number of halogens is 2. The van der Waals surface area contributed by atoms with Gasteiger partial charge in [-0.15, -0.1) is 0 Å². The molecule has 0 radical (unpaired) electrons. The highest BCUT2D eigenvalue weighted by Crippen LogP contribution is 2.67. The summed E-state index contributed by atoms with van der Waals surface area (Å²) in [7, 11) is 2.83. The average molecular weight is 525 g/mol. The fourth-order valence-corrected chi connectivity index (χ4v) is 5.72. The zero-order chi connectivity index (χ0) is 25.4. The molecule has 0 amide bonds. The first-order valence-electron chi connectivity index (χ1n) is 11.3. The van der Waals surface area contributed by atoms with Gasteiger partial charge in [-0.1, -0.05) is 59.6 Å². The highest BCUT2D eigenvalue weighted by molar-refractivity contribution is 6.31. The van der Waals surface area contributed by atoms with Gasteiger partial charge in [0.15, 0.2) is 0 Å². The lowest BCUT2D eigenvalue weighted by Gasteiger charge is -2.51. The van der Waals surface area contributed by atoms with E-state index in [1.165, 1.54) is 38.9 Å². The zero-order valence-electron chi connectivity index (χ0n) is 19.4. The van der Waals surface area contributed by atoms with E-state index in [1.54, 1.807) is 0 Å². The maximum atomic E-state index is 12.7. The second kappa shape index (κ2) is 9.88. The summed E-state index contributed by atoms with van der Waals surface area (Å²) >= 11 is 13.3. The van der Waals surface area contributed by atoms with Gasteiger partial charge in [-0.3, -0.25) is 9.59 Å². The van der Waals surface area contributed by atoms with Crippen LogP contribution in [0.3, 0.4) is 0 Å². The van der Waals surface area contributed by atoms with Crippen LogP contribution in [0.15, 0.2) is 91.6 Å². The fourth-order valence-electron chi connectivity index (χ4n) is 5.20. The van der Waals surface area contributed by atoms with Crippen molar-refractivity contribution in [3.05, 3.63) is 126 Å². The lowest BCUT2D eigenvalue weighted by atomic mass is 9.51. The molecule has 2 aromatic carbocycles. The molecule has 1 fully saturated rings. The predicted molar refractivity (Wildman–Crippen MR) is 137 cm³/mol. The van der Waals surface area contributed by atoms with Gasteiger partial charge in [-0.25, -0.2) is 0 Å². The molecule has 5 rings (SSSR count). The van der Waals surface area contributed by atoms with E-state index < -0.39 is 0 Å². The van der Waals surface area contributed by atoms with Crippen molar-refractivity contribution in [1.82, 2.24) is 0 Å². The Morgan fingerprint density at radius 1 is 0.639 bits per heavy atom. The quantitative estimate of drug-likeness (QED) is 0.291. The van der Waals surface area contributed by atoms with Gasteiger partial charge >= 0.3 is 0 Å². The first-order chi connectivity index (χ1) is 17.4. The van der Waals surface area contributed by atoms with E-state index in [0.29, 0.717) is 21.6 Å². The normalized spacial score (nSPS) is 21.0. The van der Waals surface area contributed by atoms with Crippen LogP contribution >= 0.6 is 23.2 Å². The zero-order valence-corrected chi connectivity index (χ0v) is 21.0. The van der Waals surface area contributed by atoms with Gasteiger partial charge in [0.2, 0.25) is 22.4 Å². The van der Waals surface area contributed by atoms with Crippen molar-refractivity contribution in [2.75, 3.05) is 14.2 Å². The van der Waals surface area contributed by atoms with Crippen molar-refractivity contribution in [2.24, 2.45) is 0 Å². The van der Waals surface area contributed by atoms with E-state index in [1.807, 2.05) is 48.5 Å². The van der Waals surface area contributed by atoms with Gasteiger partial charge in [0.05, 0.1) is 14.2 Å². The standard InChI is InChI=1S/C28H22Cl2O6/c1-33-23-13-35-21(11-19(23)31)27-25(15-7-3-5-9-17(15)29)28(22-12-20(32)24(34-2)14-36-22)26(27)16-8-4-6-10-18(16)30/h3-14,25-28H,1-2H3. The maximum absolute atomic E-state index is 12.7. The molecular weight excluding hydrogens is 503 g/mol. The maximum Gasteiger partial charge on any atom is 0.226 e. The SMILES string of the molecule is COc1coc(C2C(c3ccccc3Cl)C(c3cc(=O)c(OC)co3)C2c2ccccc2Cl)cc1=O. The van der Waals surface area contributed by atoms with Gasteiger partial charge in [0, 0.05) is 45.8 Å². The van der Waals surface area contributed by atoms with E-state index in [4.69, 9.17) is 41.5 Å². The minimum Gasteiger partial charge on any atom is -0.490 e. The molecule has 2 aromatic heterocycles. The fraction of sp³-hybridized carbons (Fsp3) is 0.214. The highest BCUT2D eigenvalue weighted by atomic mass is 35.5. The minimum absolute atomic E-state index is 0.111. The largest absolute Gasteiger partial charge is 0.490 e. The van der Waals surface area contributed by atoms with Crippen LogP contribution < -0.4 is 20.3 Å². The third kappa shape index (κ3) is 4.10. The van der Waals surface area contributed by atoms with Crippen molar-refractivity contribution < 1.29 is 18.3 Å². The Morgan fingerprint density at radius 2 is 1.03 bits per heavy atom. The van der Waals surface area contributed by atoms with Gasteiger partial charge in [0.25, 0.3) is 0 Å². The van der Waals surface area contributed by atoms with Crippen LogP contribution in [0.4, 0.5) is 0 Å². The first kappa shape index (κ1) is 24.2. The molecule has 0 atom stereocenters. The van der Waals surface area contributed by atoms with Crippen molar-refractivity contribution >= 4 is 23.2 Å². The highest BCUT2D eigenvalue weighted by Gasteiger charge is 2.56. The van der Waals surface area contributed by atoms with E-state index in [9.17, 15) is 9.59 Å². The molecule has 0 unspecified atom stereocenters. The van der Waals surface area contributed by atoms with E-state index >= 15 is 0 Å². The molecule has 36 heavy (non-hydrogen) atoms. The third-order valence-electron chi connectivity index (χ3n) is 6.81. The van der Waals surface area contributed by atoms with Crippen molar-refractivity contribution in [1.29, 1.82) is 0 Å². The summed E-state index contributed by atoms with van der Waals surface area (Å²) in [5.74, 6) is -0.0908. The van der Waals surface area contributed by atoms with Gasteiger partial charge in [-0.05, 0) is 23.3 Å². The third-order valence-corrected chi connectivity index (χ3v) is 7.50. The summed E-state index contributed by atoms with van der Waals surface area (Å²) < 4.78 is 22.1. The van der Waals surface area contributed by atoms with Crippen LogP contribution in [0.1, 0.15) is 46.3 Å². The lowest BCUT2D eigenvalue weighted by molar-refractivity contribution is 0.171. The van der Waals surface area contributed by atoms with Crippen LogP contribution in [0.2, 0.25) is 10.0 Å². The summed E-state index contributed by atoms with van der Waals surface area (Å²) in [5.41, 5.74) is 1.09. The Labute approximate surface area is 217 Å².